The van der Waals surface area contributed by atoms with Crippen LogP contribution in [0.15, 0.2) is 59.5 Å². The summed E-state index contributed by atoms with van der Waals surface area (Å²) in [6.45, 7) is 1.74. The molecule has 0 aliphatic rings. The number of hydrogen-bond acceptors (Lipinski definition) is 4. The third-order valence-electron chi connectivity index (χ3n) is 3.84. The number of aryl methyl sites for hydroxylation is 1. The number of halogens is 3. The molecule has 0 aliphatic carbocycles. The number of nitrogens with one attached hydrogen (secondary N) is 3. The third kappa shape index (κ3) is 4.74. The maximum atomic E-state index is 12.9. The van der Waals surface area contributed by atoms with Gasteiger partial charge in [0.2, 0.25) is 0 Å². The molecule has 0 unspecified atom stereocenters. The quantitative estimate of drug-likeness (QED) is 0.580. The monoisotopic (exact) mass is 424 g/mol. The number of alkyl halides is 3. The number of benzene rings is 2. The molecule has 2 aromatic carbocycles. The standard InChI is InChI=1S/C18H15F3N4O3S/c1-11-9-16(24-23-11)22-17(26)14-7-2-3-8-15(14)25-29(27,28)13-6-4-5-12(10-13)18(19,20)21/h2-10,25H,1H3,(H2,22,23,24,26). The summed E-state index contributed by atoms with van der Waals surface area (Å²) in [7, 11) is -4.37. The van der Waals surface area contributed by atoms with E-state index in [0.29, 0.717) is 11.8 Å². The maximum Gasteiger partial charge on any atom is 0.416 e. The van der Waals surface area contributed by atoms with E-state index < -0.39 is 32.6 Å². The second-order valence-corrected chi connectivity index (χ2v) is 7.75. The van der Waals surface area contributed by atoms with Crippen LogP contribution in [0.1, 0.15) is 21.6 Å². The summed E-state index contributed by atoms with van der Waals surface area (Å²) in [5.41, 5.74) is -0.502. The van der Waals surface area contributed by atoms with Gasteiger partial charge in [-0.25, -0.2) is 8.42 Å². The van der Waals surface area contributed by atoms with Crippen molar-refractivity contribution in [1.29, 1.82) is 0 Å². The fraction of sp³-hybridized carbons (Fsp3) is 0.111. The molecule has 0 atom stereocenters. The average Bonchev–Trinajstić information content (AvgIpc) is 3.06. The Bertz CT molecular complexity index is 1160. The number of H-pyrrole nitrogens is 1. The molecule has 0 aliphatic heterocycles. The predicted octanol–water partition coefficient (Wildman–Crippen LogP) is 3.79. The highest BCUT2D eigenvalue weighted by molar-refractivity contribution is 7.92. The van der Waals surface area contributed by atoms with Crippen molar-refractivity contribution in [2.24, 2.45) is 0 Å². The Balaban J connectivity index is 1.89. The summed E-state index contributed by atoms with van der Waals surface area (Å²) in [4.78, 5) is 11.9. The summed E-state index contributed by atoms with van der Waals surface area (Å²) < 4.78 is 66.0. The van der Waals surface area contributed by atoms with Gasteiger partial charge in [0.1, 0.15) is 0 Å². The van der Waals surface area contributed by atoms with Crippen molar-refractivity contribution in [3.63, 3.8) is 0 Å². The summed E-state index contributed by atoms with van der Waals surface area (Å²) >= 11 is 0. The number of aromatic nitrogens is 2. The number of amides is 1. The van der Waals surface area contributed by atoms with Gasteiger partial charge in [0.25, 0.3) is 15.9 Å². The first-order valence-electron chi connectivity index (χ1n) is 8.19. The van der Waals surface area contributed by atoms with Crippen LogP contribution in [0.4, 0.5) is 24.7 Å². The molecule has 0 saturated heterocycles. The second-order valence-electron chi connectivity index (χ2n) is 6.07. The molecule has 11 heteroatoms. The highest BCUT2D eigenvalue weighted by atomic mass is 32.2. The first kappa shape index (κ1) is 20.4. The number of hydrogen-bond donors (Lipinski definition) is 3. The van der Waals surface area contributed by atoms with Gasteiger partial charge in [-0.3, -0.25) is 14.6 Å². The maximum absolute atomic E-state index is 12.9. The Kier molecular flexibility index (Phi) is 5.33. The third-order valence-corrected chi connectivity index (χ3v) is 5.20. The first-order chi connectivity index (χ1) is 13.6. The zero-order valence-corrected chi connectivity index (χ0v) is 15.7. The van der Waals surface area contributed by atoms with E-state index in [2.05, 4.69) is 20.2 Å². The van der Waals surface area contributed by atoms with Crippen LogP contribution in [0.5, 0.6) is 0 Å². The van der Waals surface area contributed by atoms with Crippen molar-refractivity contribution in [2.75, 3.05) is 10.0 Å². The van der Waals surface area contributed by atoms with Gasteiger partial charge < -0.3 is 5.32 Å². The van der Waals surface area contributed by atoms with Crippen LogP contribution in [0, 0.1) is 6.92 Å². The summed E-state index contributed by atoms with van der Waals surface area (Å²) in [6.07, 6.45) is -4.69. The number of para-hydroxylation sites is 1. The molecule has 0 radical (unpaired) electrons. The Morgan fingerprint density at radius 3 is 2.45 bits per heavy atom. The molecule has 0 spiro atoms. The number of carbonyl (C=O) groups excluding carboxylic acids is 1. The zero-order chi connectivity index (χ0) is 21.2. The van der Waals surface area contributed by atoms with Crippen LogP contribution < -0.4 is 10.0 Å². The molecule has 152 valence electrons. The van der Waals surface area contributed by atoms with Crippen molar-refractivity contribution < 1.29 is 26.4 Å². The lowest BCUT2D eigenvalue weighted by molar-refractivity contribution is -0.137. The summed E-state index contributed by atoms with van der Waals surface area (Å²) in [6, 6.07) is 10.6. The van der Waals surface area contributed by atoms with E-state index in [4.69, 9.17) is 0 Å². The zero-order valence-electron chi connectivity index (χ0n) is 14.9. The molecular formula is C18H15F3N4O3S. The van der Waals surface area contributed by atoms with E-state index in [-0.39, 0.29) is 17.1 Å². The van der Waals surface area contributed by atoms with Gasteiger partial charge in [0, 0.05) is 11.8 Å². The van der Waals surface area contributed by atoms with Crippen molar-refractivity contribution in [1.82, 2.24) is 10.2 Å². The van der Waals surface area contributed by atoms with Crippen molar-refractivity contribution in [2.45, 2.75) is 18.0 Å². The van der Waals surface area contributed by atoms with Crippen LogP contribution in [0.3, 0.4) is 0 Å². The van der Waals surface area contributed by atoms with Crippen LogP contribution >= 0.6 is 0 Å². The van der Waals surface area contributed by atoms with Gasteiger partial charge in [-0.1, -0.05) is 18.2 Å². The Morgan fingerprint density at radius 2 is 1.79 bits per heavy atom. The van der Waals surface area contributed by atoms with Gasteiger partial charge in [-0.15, -0.1) is 0 Å². The summed E-state index contributed by atoms with van der Waals surface area (Å²) in [5.74, 6) is -0.401. The predicted molar refractivity (Wildman–Crippen MR) is 100.0 cm³/mol. The fourth-order valence-electron chi connectivity index (χ4n) is 2.48. The minimum Gasteiger partial charge on any atom is -0.305 e. The van der Waals surface area contributed by atoms with Gasteiger partial charge in [0.15, 0.2) is 5.82 Å². The van der Waals surface area contributed by atoms with E-state index in [1.54, 1.807) is 13.0 Å². The number of anilines is 2. The average molecular weight is 424 g/mol. The normalized spacial score (nSPS) is 11.9. The number of sulfonamides is 1. The summed E-state index contributed by atoms with van der Waals surface area (Å²) in [5, 5.41) is 9.02. The van der Waals surface area contributed by atoms with Crippen LogP contribution in [-0.2, 0) is 16.2 Å². The molecule has 3 N–H and O–H groups in total. The Hall–Kier alpha value is -3.34. The number of carbonyl (C=O) groups is 1. The molecule has 1 amide bonds. The number of aromatic amines is 1. The Labute approximate surface area is 164 Å². The van der Waals surface area contributed by atoms with Crippen LogP contribution in [-0.4, -0.2) is 24.5 Å². The molecule has 3 rings (SSSR count). The molecule has 0 saturated carbocycles. The molecular weight excluding hydrogens is 409 g/mol. The van der Waals surface area contributed by atoms with E-state index in [9.17, 15) is 26.4 Å². The van der Waals surface area contributed by atoms with E-state index >= 15 is 0 Å². The lowest BCUT2D eigenvalue weighted by Crippen LogP contribution is -2.19. The van der Waals surface area contributed by atoms with Gasteiger partial charge >= 0.3 is 6.18 Å². The van der Waals surface area contributed by atoms with Crippen LogP contribution in [0.25, 0.3) is 0 Å². The Morgan fingerprint density at radius 1 is 1.07 bits per heavy atom. The van der Waals surface area contributed by atoms with Crippen molar-refractivity contribution >= 4 is 27.4 Å². The highest BCUT2D eigenvalue weighted by Gasteiger charge is 2.31. The SMILES string of the molecule is Cc1cc(NC(=O)c2ccccc2NS(=O)(=O)c2cccc(C(F)(F)F)c2)n[nH]1. The minimum atomic E-state index is -4.69. The van der Waals surface area contributed by atoms with Crippen molar-refractivity contribution in [3.8, 4) is 0 Å². The molecule has 7 nitrogen and oxygen atoms in total. The lowest BCUT2D eigenvalue weighted by atomic mass is 10.1. The molecule has 1 aromatic heterocycles. The largest absolute Gasteiger partial charge is 0.416 e. The topological polar surface area (TPSA) is 104 Å². The molecule has 3 aromatic rings. The van der Waals surface area contributed by atoms with E-state index in [0.717, 1.165) is 18.2 Å². The number of rotatable bonds is 5. The van der Waals surface area contributed by atoms with Gasteiger partial charge in [-0.05, 0) is 37.3 Å². The molecule has 29 heavy (non-hydrogen) atoms. The minimum absolute atomic E-state index is 0.0243. The number of nitrogens with zero attached hydrogens (tertiary/aromatic N) is 1. The van der Waals surface area contributed by atoms with Crippen molar-refractivity contribution in [3.05, 3.63) is 71.4 Å². The molecule has 1 heterocycles. The highest BCUT2D eigenvalue weighted by Crippen LogP contribution is 2.31. The smallest absolute Gasteiger partial charge is 0.305 e. The molecule has 0 bridgehead atoms. The van der Waals surface area contributed by atoms with Gasteiger partial charge in [0.05, 0.1) is 21.7 Å². The second kappa shape index (κ2) is 7.59. The first-order valence-corrected chi connectivity index (χ1v) is 9.67. The van der Waals surface area contributed by atoms with E-state index in [1.165, 1.54) is 24.3 Å². The lowest BCUT2D eigenvalue weighted by Gasteiger charge is -2.13. The molecule has 0 fully saturated rings. The van der Waals surface area contributed by atoms with E-state index in [1.807, 2.05) is 0 Å². The van der Waals surface area contributed by atoms with Crippen LogP contribution in [0.2, 0.25) is 0 Å². The fourth-order valence-corrected chi connectivity index (χ4v) is 3.60. The van der Waals surface area contributed by atoms with Gasteiger partial charge in [-0.2, -0.15) is 18.3 Å².